The van der Waals surface area contributed by atoms with Gasteiger partial charge in [-0.2, -0.15) is 0 Å². The van der Waals surface area contributed by atoms with Gasteiger partial charge < -0.3 is 19.7 Å². The predicted octanol–water partition coefficient (Wildman–Crippen LogP) is 2.97. The second-order valence-electron chi connectivity index (χ2n) is 8.69. The van der Waals surface area contributed by atoms with Gasteiger partial charge in [0.05, 0.1) is 0 Å². The molecule has 31 heavy (non-hydrogen) atoms. The van der Waals surface area contributed by atoms with Crippen LogP contribution in [-0.2, 0) is 0 Å². The monoisotopic (exact) mass is 419 g/mol. The SMILES string of the molecule is O=c1ccc2cc(OC[C@H](O)CN3CCN(c4ccc(C5CC5)cc4)CC3)ccc2[nH]1. The van der Waals surface area contributed by atoms with Crippen molar-refractivity contribution in [3.05, 3.63) is 70.5 Å². The molecule has 2 heterocycles. The van der Waals surface area contributed by atoms with Crippen molar-refractivity contribution >= 4 is 16.6 Å². The summed E-state index contributed by atoms with van der Waals surface area (Å²) in [5.74, 6) is 1.49. The van der Waals surface area contributed by atoms with Crippen molar-refractivity contribution in [2.24, 2.45) is 0 Å². The summed E-state index contributed by atoms with van der Waals surface area (Å²) in [5.41, 5.74) is 3.43. The van der Waals surface area contributed by atoms with Gasteiger partial charge in [0, 0.05) is 55.4 Å². The van der Waals surface area contributed by atoms with Crippen molar-refractivity contribution in [3.8, 4) is 5.75 Å². The van der Waals surface area contributed by atoms with Gasteiger partial charge in [-0.1, -0.05) is 12.1 Å². The molecule has 1 saturated carbocycles. The van der Waals surface area contributed by atoms with Gasteiger partial charge in [-0.3, -0.25) is 9.69 Å². The van der Waals surface area contributed by atoms with Crippen LogP contribution in [0, 0.1) is 0 Å². The lowest BCUT2D eigenvalue weighted by Crippen LogP contribution is -2.49. The summed E-state index contributed by atoms with van der Waals surface area (Å²) in [6.45, 7) is 4.67. The smallest absolute Gasteiger partial charge is 0.248 e. The number of aromatic amines is 1. The molecule has 1 aromatic heterocycles. The Morgan fingerprint density at radius 2 is 1.77 bits per heavy atom. The maximum absolute atomic E-state index is 11.4. The van der Waals surface area contributed by atoms with Crippen LogP contribution >= 0.6 is 0 Å². The van der Waals surface area contributed by atoms with Crippen LogP contribution < -0.4 is 15.2 Å². The first-order valence-electron chi connectivity index (χ1n) is 11.2. The molecule has 0 amide bonds. The predicted molar refractivity (Wildman–Crippen MR) is 123 cm³/mol. The molecular weight excluding hydrogens is 390 g/mol. The van der Waals surface area contributed by atoms with E-state index >= 15 is 0 Å². The van der Waals surface area contributed by atoms with Crippen LogP contribution in [0.4, 0.5) is 5.69 Å². The topological polar surface area (TPSA) is 68.8 Å². The third-order valence-electron chi connectivity index (χ3n) is 6.29. The van der Waals surface area contributed by atoms with E-state index in [1.54, 1.807) is 6.07 Å². The second kappa shape index (κ2) is 8.73. The number of nitrogens with zero attached hydrogens (tertiary/aromatic N) is 2. The molecule has 0 unspecified atom stereocenters. The normalized spacial score (nSPS) is 18.3. The Hall–Kier alpha value is -2.83. The molecule has 6 heteroatoms. The standard InChI is InChI=1S/C25H29N3O3/c29-22(17-31-23-8-9-24-20(15-23)5-10-25(30)26-24)16-27-11-13-28(14-12-27)21-6-3-19(4-7-21)18-1-2-18/h3-10,15,18,22,29H,1-2,11-14,16-17H2,(H,26,30)/t22-/m1/s1. The Balaban J connectivity index is 1.08. The quantitative estimate of drug-likeness (QED) is 0.616. The lowest BCUT2D eigenvalue weighted by Gasteiger charge is -2.37. The summed E-state index contributed by atoms with van der Waals surface area (Å²) in [7, 11) is 0. The van der Waals surface area contributed by atoms with Gasteiger partial charge in [-0.05, 0) is 60.7 Å². The van der Waals surface area contributed by atoms with E-state index in [0.29, 0.717) is 12.3 Å². The number of aliphatic hydroxyl groups excluding tert-OH is 1. The number of β-amino-alcohol motifs (C(OH)–C–C–N with tert-alkyl or cyclic N) is 1. The largest absolute Gasteiger partial charge is 0.491 e. The van der Waals surface area contributed by atoms with Crippen molar-refractivity contribution in [1.82, 2.24) is 9.88 Å². The molecule has 1 saturated heterocycles. The maximum atomic E-state index is 11.4. The van der Waals surface area contributed by atoms with Crippen molar-refractivity contribution in [3.63, 3.8) is 0 Å². The van der Waals surface area contributed by atoms with Crippen LogP contribution in [0.2, 0.25) is 0 Å². The molecule has 1 aliphatic heterocycles. The summed E-state index contributed by atoms with van der Waals surface area (Å²) < 4.78 is 5.79. The van der Waals surface area contributed by atoms with E-state index in [9.17, 15) is 9.90 Å². The van der Waals surface area contributed by atoms with E-state index in [-0.39, 0.29) is 12.2 Å². The molecule has 3 aromatic rings. The Morgan fingerprint density at radius 1 is 1.00 bits per heavy atom. The van der Waals surface area contributed by atoms with Gasteiger partial charge in [0.2, 0.25) is 5.56 Å². The molecule has 2 fully saturated rings. The van der Waals surface area contributed by atoms with E-state index < -0.39 is 6.10 Å². The molecule has 0 spiro atoms. The molecule has 1 atom stereocenters. The highest BCUT2D eigenvalue weighted by atomic mass is 16.5. The molecule has 2 aliphatic rings. The molecule has 5 rings (SSSR count). The fourth-order valence-corrected chi connectivity index (χ4v) is 4.33. The average Bonchev–Trinajstić information content (AvgIpc) is 3.64. The molecule has 2 N–H and O–H groups in total. The summed E-state index contributed by atoms with van der Waals surface area (Å²) in [6, 6.07) is 17.9. The van der Waals surface area contributed by atoms with E-state index in [2.05, 4.69) is 39.0 Å². The van der Waals surface area contributed by atoms with Crippen molar-refractivity contribution < 1.29 is 9.84 Å². The van der Waals surface area contributed by atoms with Crippen molar-refractivity contribution in [2.45, 2.75) is 24.9 Å². The molecule has 162 valence electrons. The van der Waals surface area contributed by atoms with Gasteiger partial charge >= 0.3 is 0 Å². The van der Waals surface area contributed by atoms with Gasteiger partial charge in [0.25, 0.3) is 0 Å². The molecule has 2 aromatic carbocycles. The number of aromatic nitrogens is 1. The molecule has 0 bridgehead atoms. The van der Waals surface area contributed by atoms with Crippen molar-refractivity contribution in [2.75, 3.05) is 44.2 Å². The average molecular weight is 420 g/mol. The maximum Gasteiger partial charge on any atom is 0.248 e. The number of nitrogens with one attached hydrogen (secondary N) is 1. The second-order valence-corrected chi connectivity index (χ2v) is 8.69. The van der Waals surface area contributed by atoms with Crippen LogP contribution in [0.15, 0.2) is 59.4 Å². The molecule has 0 radical (unpaired) electrons. The van der Waals surface area contributed by atoms with Gasteiger partial charge in [-0.15, -0.1) is 0 Å². The van der Waals surface area contributed by atoms with Crippen LogP contribution in [0.1, 0.15) is 24.3 Å². The fraction of sp³-hybridized carbons (Fsp3) is 0.400. The number of H-pyrrole nitrogens is 1. The van der Waals surface area contributed by atoms with E-state index in [1.165, 1.54) is 30.2 Å². The highest BCUT2D eigenvalue weighted by molar-refractivity contribution is 5.79. The Kier molecular flexibility index (Phi) is 5.66. The minimum absolute atomic E-state index is 0.119. The van der Waals surface area contributed by atoms with Crippen molar-refractivity contribution in [1.29, 1.82) is 0 Å². The minimum atomic E-state index is -0.546. The summed E-state index contributed by atoms with van der Waals surface area (Å²) in [6.07, 6.45) is 2.13. The zero-order valence-electron chi connectivity index (χ0n) is 17.7. The van der Waals surface area contributed by atoms with Crippen LogP contribution in [-0.4, -0.2) is 60.4 Å². The summed E-state index contributed by atoms with van der Waals surface area (Å²) >= 11 is 0. The van der Waals surface area contributed by atoms with Gasteiger partial charge in [0.1, 0.15) is 18.5 Å². The number of rotatable bonds is 7. The zero-order chi connectivity index (χ0) is 21.2. The van der Waals surface area contributed by atoms with Crippen LogP contribution in [0.3, 0.4) is 0 Å². The van der Waals surface area contributed by atoms with Crippen LogP contribution in [0.25, 0.3) is 10.9 Å². The van der Waals surface area contributed by atoms with E-state index in [0.717, 1.165) is 43.0 Å². The minimum Gasteiger partial charge on any atom is -0.491 e. The molecule has 6 nitrogen and oxygen atoms in total. The third kappa shape index (κ3) is 4.92. The Morgan fingerprint density at radius 3 is 2.52 bits per heavy atom. The highest BCUT2D eigenvalue weighted by Gasteiger charge is 2.24. The number of benzene rings is 2. The number of fused-ring (bicyclic) bond motifs is 1. The number of piperazine rings is 1. The first-order chi connectivity index (χ1) is 15.1. The summed E-state index contributed by atoms with van der Waals surface area (Å²) in [5, 5.41) is 11.4. The number of hydrogen-bond donors (Lipinski definition) is 2. The number of hydrogen-bond acceptors (Lipinski definition) is 5. The van der Waals surface area contributed by atoms with Crippen LogP contribution in [0.5, 0.6) is 5.75 Å². The number of ether oxygens (including phenoxy) is 1. The van der Waals surface area contributed by atoms with Gasteiger partial charge in [0.15, 0.2) is 0 Å². The number of aliphatic hydroxyl groups is 1. The number of pyridine rings is 1. The highest BCUT2D eigenvalue weighted by Crippen LogP contribution is 2.40. The Bertz CT molecular complexity index is 1080. The fourth-order valence-electron chi connectivity index (χ4n) is 4.33. The lowest BCUT2D eigenvalue weighted by molar-refractivity contribution is 0.0663. The first-order valence-corrected chi connectivity index (χ1v) is 11.2. The lowest BCUT2D eigenvalue weighted by atomic mass is 10.1. The zero-order valence-corrected chi connectivity index (χ0v) is 17.7. The number of anilines is 1. The van der Waals surface area contributed by atoms with Gasteiger partial charge in [-0.25, -0.2) is 0 Å². The van der Waals surface area contributed by atoms with E-state index in [4.69, 9.17) is 4.74 Å². The third-order valence-corrected chi connectivity index (χ3v) is 6.29. The van der Waals surface area contributed by atoms with E-state index in [1.807, 2.05) is 18.2 Å². The molecular formula is C25H29N3O3. The Labute approximate surface area is 182 Å². The first kappa shape index (κ1) is 20.1. The summed E-state index contributed by atoms with van der Waals surface area (Å²) in [4.78, 5) is 18.9. The molecule has 1 aliphatic carbocycles.